The van der Waals surface area contributed by atoms with Crippen LogP contribution in [-0.2, 0) is 4.74 Å². The summed E-state index contributed by atoms with van der Waals surface area (Å²) in [6.45, 7) is 5.16. The Balaban J connectivity index is 2.52. The number of hydrogen-bond acceptors (Lipinski definition) is 7. The second-order valence-electron chi connectivity index (χ2n) is 3.99. The molecular formula is C10H16N4O4. The third-order valence-electron chi connectivity index (χ3n) is 1.92. The fraction of sp³-hybridized carbons (Fsp3) is 0.600. The highest BCUT2D eigenvalue weighted by molar-refractivity contribution is 5.57. The van der Waals surface area contributed by atoms with Gasteiger partial charge < -0.3 is 15.2 Å². The SMILES string of the molecule is CC(C)COCCOc1ncnc(N)c1[N+](=O)[O-]. The van der Waals surface area contributed by atoms with Gasteiger partial charge in [-0.25, -0.2) is 4.98 Å². The molecule has 1 heterocycles. The molecule has 18 heavy (non-hydrogen) atoms. The molecule has 0 unspecified atom stereocenters. The Kier molecular flexibility index (Phi) is 5.25. The summed E-state index contributed by atoms with van der Waals surface area (Å²) in [5.41, 5.74) is 4.97. The number of nitrogens with two attached hydrogens (primary N) is 1. The molecule has 100 valence electrons. The van der Waals surface area contributed by atoms with Crippen LogP contribution in [0.2, 0.25) is 0 Å². The summed E-state index contributed by atoms with van der Waals surface area (Å²) in [4.78, 5) is 17.3. The zero-order chi connectivity index (χ0) is 13.5. The van der Waals surface area contributed by atoms with E-state index in [1.54, 1.807) is 0 Å². The Hall–Kier alpha value is -1.96. The van der Waals surface area contributed by atoms with Crippen LogP contribution in [0.5, 0.6) is 5.88 Å². The van der Waals surface area contributed by atoms with Crippen molar-refractivity contribution in [1.29, 1.82) is 0 Å². The number of nitrogens with zero attached hydrogens (tertiary/aromatic N) is 3. The fourth-order valence-electron chi connectivity index (χ4n) is 1.17. The van der Waals surface area contributed by atoms with E-state index in [-0.39, 0.29) is 18.3 Å². The topological polar surface area (TPSA) is 113 Å². The molecule has 0 aromatic carbocycles. The van der Waals surface area contributed by atoms with Gasteiger partial charge in [0, 0.05) is 6.61 Å². The van der Waals surface area contributed by atoms with Crippen molar-refractivity contribution in [1.82, 2.24) is 9.97 Å². The molecule has 8 nitrogen and oxygen atoms in total. The fourth-order valence-corrected chi connectivity index (χ4v) is 1.17. The average molecular weight is 256 g/mol. The molecule has 2 N–H and O–H groups in total. The van der Waals surface area contributed by atoms with Crippen molar-refractivity contribution in [3.05, 3.63) is 16.4 Å². The van der Waals surface area contributed by atoms with E-state index in [0.29, 0.717) is 19.1 Å². The lowest BCUT2D eigenvalue weighted by molar-refractivity contribution is -0.385. The maximum Gasteiger partial charge on any atom is 0.372 e. The lowest BCUT2D eigenvalue weighted by atomic mass is 10.2. The molecule has 1 rings (SSSR count). The Morgan fingerprint density at radius 2 is 2.17 bits per heavy atom. The first kappa shape index (κ1) is 14.1. The first-order chi connectivity index (χ1) is 8.52. The minimum Gasteiger partial charge on any atom is -0.470 e. The molecule has 0 aliphatic heterocycles. The van der Waals surface area contributed by atoms with Crippen LogP contribution in [0, 0.1) is 16.0 Å². The Morgan fingerprint density at radius 3 is 2.78 bits per heavy atom. The molecule has 0 fully saturated rings. The average Bonchev–Trinajstić information content (AvgIpc) is 2.27. The van der Waals surface area contributed by atoms with Crippen molar-refractivity contribution < 1.29 is 14.4 Å². The number of anilines is 1. The molecule has 1 aromatic rings. The van der Waals surface area contributed by atoms with Gasteiger partial charge in [0.25, 0.3) is 5.88 Å². The summed E-state index contributed by atoms with van der Waals surface area (Å²) in [5.74, 6) is 0.0720. The predicted molar refractivity (Wildman–Crippen MR) is 64.3 cm³/mol. The number of hydrogen-bond donors (Lipinski definition) is 1. The van der Waals surface area contributed by atoms with E-state index in [0.717, 1.165) is 6.33 Å². The highest BCUT2D eigenvalue weighted by atomic mass is 16.6. The molecule has 0 aliphatic rings. The molecule has 0 saturated carbocycles. The minimum absolute atomic E-state index is 0.138. The maximum atomic E-state index is 10.8. The highest BCUT2D eigenvalue weighted by Gasteiger charge is 2.22. The van der Waals surface area contributed by atoms with Crippen molar-refractivity contribution in [3.63, 3.8) is 0 Å². The number of rotatable bonds is 7. The zero-order valence-corrected chi connectivity index (χ0v) is 10.3. The second-order valence-corrected chi connectivity index (χ2v) is 3.99. The van der Waals surface area contributed by atoms with Crippen LogP contribution in [-0.4, -0.2) is 34.7 Å². The van der Waals surface area contributed by atoms with E-state index in [4.69, 9.17) is 15.2 Å². The molecular weight excluding hydrogens is 240 g/mol. The number of nitro groups is 1. The summed E-state index contributed by atoms with van der Waals surface area (Å²) in [5, 5.41) is 10.8. The van der Waals surface area contributed by atoms with E-state index in [2.05, 4.69) is 9.97 Å². The van der Waals surface area contributed by atoms with E-state index >= 15 is 0 Å². The normalized spacial score (nSPS) is 10.6. The largest absolute Gasteiger partial charge is 0.470 e. The standard InChI is InChI=1S/C10H16N4O4/c1-7(2)5-17-3-4-18-10-8(14(15)16)9(11)12-6-13-10/h6-7H,3-5H2,1-2H3,(H2,11,12,13). The van der Waals surface area contributed by atoms with Crippen LogP contribution in [0.25, 0.3) is 0 Å². The quantitative estimate of drug-likeness (QED) is 0.440. The molecule has 0 atom stereocenters. The third-order valence-corrected chi connectivity index (χ3v) is 1.92. The van der Waals surface area contributed by atoms with E-state index in [1.165, 1.54) is 0 Å². The first-order valence-electron chi connectivity index (χ1n) is 5.47. The number of aromatic nitrogens is 2. The van der Waals surface area contributed by atoms with E-state index in [1.807, 2.05) is 13.8 Å². The summed E-state index contributed by atoms with van der Waals surface area (Å²) >= 11 is 0. The van der Waals surface area contributed by atoms with Gasteiger partial charge in [-0.3, -0.25) is 10.1 Å². The van der Waals surface area contributed by atoms with Gasteiger partial charge in [-0.15, -0.1) is 0 Å². The minimum atomic E-state index is -0.667. The van der Waals surface area contributed by atoms with Crippen LogP contribution in [0.4, 0.5) is 11.5 Å². The number of nitrogen functional groups attached to an aromatic ring is 1. The molecule has 0 bridgehead atoms. The van der Waals surface area contributed by atoms with Gasteiger partial charge in [0.2, 0.25) is 5.82 Å². The Labute approximate surface area is 104 Å². The van der Waals surface area contributed by atoms with Gasteiger partial charge in [0.15, 0.2) is 0 Å². The van der Waals surface area contributed by atoms with Gasteiger partial charge >= 0.3 is 5.69 Å². The predicted octanol–water partition coefficient (Wildman–Crippen LogP) is 1.02. The van der Waals surface area contributed by atoms with Crippen molar-refractivity contribution >= 4 is 11.5 Å². The van der Waals surface area contributed by atoms with Crippen LogP contribution in [0.15, 0.2) is 6.33 Å². The Bertz CT molecular complexity index is 411. The van der Waals surface area contributed by atoms with E-state index < -0.39 is 10.6 Å². The maximum absolute atomic E-state index is 10.8. The van der Waals surface area contributed by atoms with Gasteiger partial charge in [-0.05, 0) is 5.92 Å². The molecule has 0 radical (unpaired) electrons. The van der Waals surface area contributed by atoms with Gasteiger partial charge in [0.1, 0.15) is 12.9 Å². The van der Waals surface area contributed by atoms with Crippen molar-refractivity contribution in [3.8, 4) is 5.88 Å². The molecule has 0 amide bonds. The molecule has 0 aliphatic carbocycles. The Morgan fingerprint density at radius 1 is 1.44 bits per heavy atom. The van der Waals surface area contributed by atoms with Gasteiger partial charge in [-0.1, -0.05) is 13.8 Å². The van der Waals surface area contributed by atoms with Gasteiger partial charge in [-0.2, -0.15) is 4.98 Å². The lowest BCUT2D eigenvalue weighted by Gasteiger charge is -2.08. The molecule has 0 saturated heterocycles. The summed E-state index contributed by atoms with van der Waals surface area (Å²) in [7, 11) is 0. The van der Waals surface area contributed by atoms with Crippen molar-refractivity contribution in [2.45, 2.75) is 13.8 Å². The van der Waals surface area contributed by atoms with Crippen LogP contribution >= 0.6 is 0 Å². The smallest absolute Gasteiger partial charge is 0.372 e. The van der Waals surface area contributed by atoms with Crippen molar-refractivity contribution in [2.75, 3.05) is 25.6 Å². The first-order valence-corrected chi connectivity index (χ1v) is 5.47. The van der Waals surface area contributed by atoms with E-state index in [9.17, 15) is 10.1 Å². The van der Waals surface area contributed by atoms with Crippen LogP contribution in [0.1, 0.15) is 13.8 Å². The van der Waals surface area contributed by atoms with Crippen LogP contribution < -0.4 is 10.5 Å². The monoisotopic (exact) mass is 256 g/mol. The lowest BCUT2D eigenvalue weighted by Crippen LogP contribution is -2.12. The second kappa shape index (κ2) is 6.70. The zero-order valence-electron chi connectivity index (χ0n) is 10.3. The summed E-state index contributed by atoms with van der Waals surface area (Å²) in [6, 6.07) is 0. The third kappa shape index (κ3) is 4.13. The van der Waals surface area contributed by atoms with Crippen molar-refractivity contribution in [2.24, 2.45) is 5.92 Å². The molecule has 1 aromatic heterocycles. The highest BCUT2D eigenvalue weighted by Crippen LogP contribution is 2.28. The molecule has 0 spiro atoms. The molecule has 8 heteroatoms. The van der Waals surface area contributed by atoms with Crippen LogP contribution in [0.3, 0.4) is 0 Å². The van der Waals surface area contributed by atoms with Gasteiger partial charge in [0.05, 0.1) is 11.5 Å². The summed E-state index contributed by atoms with van der Waals surface area (Å²) < 4.78 is 10.4. The number of ether oxygens (including phenoxy) is 2. The summed E-state index contributed by atoms with van der Waals surface area (Å²) in [6.07, 6.45) is 1.12.